The predicted octanol–water partition coefficient (Wildman–Crippen LogP) is 3.66. The van der Waals surface area contributed by atoms with Gasteiger partial charge in [-0.15, -0.1) is 0 Å². The third-order valence-electron chi connectivity index (χ3n) is 2.13. The van der Waals surface area contributed by atoms with Crippen LogP contribution in [0.25, 0.3) is 6.08 Å². The van der Waals surface area contributed by atoms with Crippen molar-refractivity contribution >= 4 is 23.0 Å². The topological polar surface area (TPSA) is 26.3 Å². The average molecular weight is 272 g/mol. The predicted molar refractivity (Wildman–Crippen MR) is 69.7 cm³/mol. The lowest BCUT2D eigenvalue weighted by molar-refractivity contribution is -0.109. The summed E-state index contributed by atoms with van der Waals surface area (Å²) in [4.78, 5) is 10.7. The lowest BCUT2D eigenvalue weighted by Gasteiger charge is -2.06. The maximum Gasteiger partial charge on any atom is 0.185 e. The van der Waals surface area contributed by atoms with E-state index in [1.807, 2.05) is 0 Å². The van der Waals surface area contributed by atoms with Crippen LogP contribution < -0.4 is 4.74 Å². The van der Waals surface area contributed by atoms with Crippen LogP contribution in [0.15, 0.2) is 18.2 Å². The van der Waals surface area contributed by atoms with E-state index in [0.29, 0.717) is 17.7 Å². The molecule has 0 heterocycles. The number of rotatable bonds is 5. The molecule has 5 heteroatoms. The molecule has 1 aromatic carbocycles. The minimum absolute atomic E-state index is 0.0203. The van der Waals surface area contributed by atoms with Crippen LogP contribution in [0.1, 0.15) is 18.9 Å². The van der Waals surface area contributed by atoms with Crippen LogP contribution in [0, 0.1) is 11.6 Å². The van der Waals surface area contributed by atoms with Crippen molar-refractivity contribution in [2.24, 2.45) is 0 Å². The molecule has 1 aromatic rings. The molecule has 2 nitrogen and oxygen atoms in total. The molecule has 0 unspecified atom stereocenters. The SMILES string of the molecule is COc1c(F)cc(F)cc1C=CCCSC(C)=O. The Bertz CT molecular complexity index is 459. The molecule has 0 saturated heterocycles. The molecule has 0 atom stereocenters. The quantitative estimate of drug-likeness (QED) is 0.765. The Morgan fingerprint density at radius 1 is 1.44 bits per heavy atom. The number of carbonyl (C=O) groups excluding carboxylic acids is 1. The van der Waals surface area contributed by atoms with E-state index in [-0.39, 0.29) is 10.9 Å². The summed E-state index contributed by atoms with van der Waals surface area (Å²) in [6.07, 6.45) is 3.99. The van der Waals surface area contributed by atoms with E-state index in [1.54, 1.807) is 12.2 Å². The van der Waals surface area contributed by atoms with Crippen molar-refractivity contribution in [3.63, 3.8) is 0 Å². The zero-order valence-corrected chi connectivity index (χ0v) is 11.0. The summed E-state index contributed by atoms with van der Waals surface area (Å²) in [5.41, 5.74) is 0.350. The summed E-state index contributed by atoms with van der Waals surface area (Å²) in [5.74, 6) is -0.709. The summed E-state index contributed by atoms with van der Waals surface area (Å²) in [5, 5.41) is 0.0535. The van der Waals surface area contributed by atoms with Gasteiger partial charge in [0.1, 0.15) is 5.82 Å². The fraction of sp³-hybridized carbons (Fsp3) is 0.308. The van der Waals surface area contributed by atoms with Gasteiger partial charge in [-0.1, -0.05) is 23.9 Å². The molecule has 18 heavy (non-hydrogen) atoms. The molecule has 0 bridgehead atoms. The Kier molecular flexibility index (Phi) is 5.85. The molecule has 0 aromatic heterocycles. The van der Waals surface area contributed by atoms with Crippen LogP contribution >= 0.6 is 11.8 Å². The van der Waals surface area contributed by atoms with Crippen molar-refractivity contribution in [2.75, 3.05) is 12.9 Å². The second kappa shape index (κ2) is 7.16. The maximum absolute atomic E-state index is 13.3. The van der Waals surface area contributed by atoms with Gasteiger partial charge in [0.05, 0.1) is 7.11 Å². The largest absolute Gasteiger partial charge is 0.493 e. The number of halogens is 2. The number of thioether (sulfide) groups is 1. The number of allylic oxidation sites excluding steroid dienone is 1. The molecule has 1 rings (SSSR count). The first-order valence-corrected chi connectivity index (χ1v) is 6.36. The number of methoxy groups -OCH3 is 1. The van der Waals surface area contributed by atoms with Gasteiger partial charge in [-0.2, -0.15) is 0 Å². The van der Waals surface area contributed by atoms with E-state index in [2.05, 4.69) is 0 Å². The number of hydrogen-bond acceptors (Lipinski definition) is 3. The summed E-state index contributed by atoms with van der Waals surface area (Å²) >= 11 is 1.21. The summed E-state index contributed by atoms with van der Waals surface area (Å²) in [7, 11) is 1.33. The van der Waals surface area contributed by atoms with E-state index in [1.165, 1.54) is 31.9 Å². The monoisotopic (exact) mass is 272 g/mol. The van der Waals surface area contributed by atoms with Crippen LogP contribution in [0.2, 0.25) is 0 Å². The summed E-state index contributed by atoms with van der Waals surface area (Å²) in [6, 6.07) is 1.98. The van der Waals surface area contributed by atoms with Crippen molar-refractivity contribution in [3.05, 3.63) is 35.4 Å². The van der Waals surface area contributed by atoms with Gasteiger partial charge in [0.15, 0.2) is 16.7 Å². The van der Waals surface area contributed by atoms with Gasteiger partial charge in [0.2, 0.25) is 0 Å². The van der Waals surface area contributed by atoms with E-state index in [9.17, 15) is 13.6 Å². The average Bonchev–Trinajstić information content (AvgIpc) is 2.27. The molecule has 0 aliphatic heterocycles. The highest BCUT2D eigenvalue weighted by Gasteiger charge is 2.09. The van der Waals surface area contributed by atoms with Gasteiger partial charge in [0.25, 0.3) is 0 Å². The van der Waals surface area contributed by atoms with Crippen molar-refractivity contribution in [2.45, 2.75) is 13.3 Å². The van der Waals surface area contributed by atoms with Gasteiger partial charge in [-0.05, 0) is 12.5 Å². The Labute approximate surface area is 109 Å². The molecule has 0 radical (unpaired) electrons. The molecular weight excluding hydrogens is 258 g/mol. The smallest absolute Gasteiger partial charge is 0.185 e. The summed E-state index contributed by atoms with van der Waals surface area (Å²) < 4.78 is 31.3. The Hall–Kier alpha value is -1.36. The van der Waals surface area contributed by atoms with Crippen LogP contribution in [0.3, 0.4) is 0 Å². The standard InChI is InChI=1S/C13H14F2O2S/c1-9(16)18-6-4-3-5-10-7-11(14)8-12(15)13(10)17-2/h3,5,7-8H,4,6H2,1-2H3. The second-order valence-corrected chi connectivity index (χ2v) is 4.81. The highest BCUT2D eigenvalue weighted by atomic mass is 32.2. The van der Waals surface area contributed by atoms with E-state index in [4.69, 9.17) is 4.74 Å². The number of carbonyl (C=O) groups is 1. The summed E-state index contributed by atoms with van der Waals surface area (Å²) in [6.45, 7) is 1.50. The number of benzene rings is 1. The first-order chi connectivity index (χ1) is 8.54. The molecule has 0 saturated carbocycles. The van der Waals surface area contributed by atoms with E-state index < -0.39 is 11.6 Å². The first-order valence-electron chi connectivity index (χ1n) is 5.37. The van der Waals surface area contributed by atoms with Crippen LogP contribution in [0.4, 0.5) is 8.78 Å². The second-order valence-electron chi connectivity index (χ2n) is 3.54. The molecule has 98 valence electrons. The van der Waals surface area contributed by atoms with Gasteiger partial charge in [-0.3, -0.25) is 4.79 Å². The van der Waals surface area contributed by atoms with Crippen molar-refractivity contribution in [3.8, 4) is 5.75 Å². The first kappa shape index (κ1) is 14.7. The molecule has 0 aliphatic carbocycles. The molecule has 0 aliphatic rings. The highest BCUT2D eigenvalue weighted by molar-refractivity contribution is 8.13. The Morgan fingerprint density at radius 2 is 2.17 bits per heavy atom. The van der Waals surface area contributed by atoms with Crippen molar-refractivity contribution in [1.82, 2.24) is 0 Å². The third kappa shape index (κ3) is 4.49. The van der Waals surface area contributed by atoms with Gasteiger partial charge in [0, 0.05) is 24.3 Å². The number of ether oxygens (including phenoxy) is 1. The van der Waals surface area contributed by atoms with Crippen LogP contribution in [-0.2, 0) is 4.79 Å². The fourth-order valence-corrected chi connectivity index (χ4v) is 1.94. The Balaban J connectivity index is 2.71. The Morgan fingerprint density at radius 3 is 2.78 bits per heavy atom. The normalized spacial score (nSPS) is 10.9. The zero-order valence-electron chi connectivity index (χ0n) is 10.2. The van der Waals surface area contributed by atoms with Crippen molar-refractivity contribution < 1.29 is 18.3 Å². The fourth-order valence-electron chi connectivity index (χ4n) is 1.40. The van der Waals surface area contributed by atoms with Crippen molar-refractivity contribution in [1.29, 1.82) is 0 Å². The zero-order chi connectivity index (χ0) is 13.5. The molecule has 0 amide bonds. The molecule has 0 spiro atoms. The maximum atomic E-state index is 13.3. The van der Waals surface area contributed by atoms with Crippen LogP contribution in [0.5, 0.6) is 5.75 Å². The van der Waals surface area contributed by atoms with Crippen LogP contribution in [-0.4, -0.2) is 18.0 Å². The van der Waals surface area contributed by atoms with Gasteiger partial charge >= 0.3 is 0 Å². The highest BCUT2D eigenvalue weighted by Crippen LogP contribution is 2.25. The lowest BCUT2D eigenvalue weighted by Crippen LogP contribution is -1.93. The molecule has 0 fully saturated rings. The van der Waals surface area contributed by atoms with E-state index in [0.717, 1.165) is 6.07 Å². The van der Waals surface area contributed by atoms with Gasteiger partial charge in [-0.25, -0.2) is 8.78 Å². The number of hydrogen-bond donors (Lipinski definition) is 0. The van der Waals surface area contributed by atoms with Gasteiger partial charge < -0.3 is 4.74 Å². The third-order valence-corrected chi connectivity index (χ3v) is 2.97. The lowest BCUT2D eigenvalue weighted by atomic mass is 10.1. The van der Waals surface area contributed by atoms with E-state index >= 15 is 0 Å². The minimum Gasteiger partial charge on any atom is -0.493 e. The molecular formula is C13H14F2O2S. The molecule has 0 N–H and O–H groups in total. The minimum atomic E-state index is -0.727.